The minimum absolute atomic E-state index is 0.298. The summed E-state index contributed by atoms with van der Waals surface area (Å²) in [6, 6.07) is 14.9. The van der Waals surface area contributed by atoms with Gasteiger partial charge >= 0.3 is 0 Å². The maximum atomic E-state index is 13.3. The van der Waals surface area contributed by atoms with Crippen LogP contribution in [-0.2, 0) is 23.1 Å². The number of benzene rings is 2. The first-order chi connectivity index (χ1) is 13.4. The van der Waals surface area contributed by atoms with Crippen LogP contribution in [0.3, 0.4) is 0 Å². The molecule has 2 rings (SSSR count). The molecule has 0 saturated heterocycles. The van der Waals surface area contributed by atoms with Crippen LogP contribution in [0, 0.1) is 0 Å². The van der Waals surface area contributed by atoms with E-state index in [0.717, 1.165) is 22.6 Å². The van der Waals surface area contributed by atoms with Crippen LogP contribution in [0.25, 0.3) is 0 Å². The van der Waals surface area contributed by atoms with Gasteiger partial charge in [0.25, 0.3) is 0 Å². The maximum Gasteiger partial charge on any atom is 0.217 e. The van der Waals surface area contributed by atoms with Crippen LogP contribution in [0.5, 0.6) is 11.5 Å². The van der Waals surface area contributed by atoms with E-state index in [1.165, 1.54) is 0 Å². The number of nitrogens with zero attached hydrogens (tertiary/aromatic N) is 1. The fourth-order valence-corrected chi connectivity index (χ4v) is 4.88. The van der Waals surface area contributed by atoms with Crippen LogP contribution in [0.15, 0.2) is 61.2 Å². The number of allylic oxidation sites excluding steroid dienone is 1. The molecule has 2 aromatic rings. The smallest absolute Gasteiger partial charge is 0.217 e. The molecule has 0 amide bonds. The Morgan fingerprint density at radius 3 is 1.68 bits per heavy atom. The molecule has 152 valence electrons. The molecule has 0 aliphatic rings. The van der Waals surface area contributed by atoms with Crippen molar-refractivity contribution in [3.05, 3.63) is 72.3 Å². The average Bonchev–Trinajstić information content (AvgIpc) is 2.72. The van der Waals surface area contributed by atoms with Gasteiger partial charge in [0.05, 0.1) is 19.5 Å². The second kappa shape index (κ2) is 10.3. The SMILES string of the molecule is C=CCC(CC)S(=O)(=O)N(Cc1ccc(OC)cc1)Cc1ccc(OC)cc1. The van der Waals surface area contributed by atoms with E-state index in [0.29, 0.717) is 25.9 Å². The highest BCUT2D eigenvalue weighted by Gasteiger charge is 2.30. The summed E-state index contributed by atoms with van der Waals surface area (Å²) in [7, 11) is -0.288. The van der Waals surface area contributed by atoms with E-state index in [2.05, 4.69) is 6.58 Å². The lowest BCUT2D eigenvalue weighted by molar-refractivity contribution is 0.389. The van der Waals surface area contributed by atoms with Crippen LogP contribution >= 0.6 is 0 Å². The number of hydrogen-bond donors (Lipinski definition) is 0. The molecule has 0 aromatic heterocycles. The summed E-state index contributed by atoms with van der Waals surface area (Å²) >= 11 is 0. The molecule has 0 aliphatic heterocycles. The van der Waals surface area contributed by atoms with Gasteiger partial charge in [-0.3, -0.25) is 0 Å². The summed E-state index contributed by atoms with van der Waals surface area (Å²) in [5.74, 6) is 1.48. The van der Waals surface area contributed by atoms with Crippen LogP contribution in [-0.4, -0.2) is 32.2 Å². The third kappa shape index (κ3) is 5.59. The number of sulfonamides is 1. The minimum atomic E-state index is -3.50. The molecular formula is C22H29NO4S. The summed E-state index contributed by atoms with van der Waals surface area (Å²) in [5.41, 5.74) is 1.82. The molecule has 0 spiro atoms. The third-order valence-electron chi connectivity index (χ3n) is 4.70. The van der Waals surface area contributed by atoms with Crippen molar-refractivity contribution < 1.29 is 17.9 Å². The number of hydrogen-bond acceptors (Lipinski definition) is 4. The molecule has 0 heterocycles. The molecule has 28 heavy (non-hydrogen) atoms. The predicted molar refractivity (Wildman–Crippen MR) is 113 cm³/mol. The fourth-order valence-electron chi connectivity index (χ4n) is 3.00. The van der Waals surface area contributed by atoms with Gasteiger partial charge in [0.15, 0.2) is 0 Å². The van der Waals surface area contributed by atoms with Crippen LogP contribution in [0.2, 0.25) is 0 Å². The van der Waals surface area contributed by atoms with E-state index in [4.69, 9.17) is 9.47 Å². The van der Waals surface area contributed by atoms with Crippen LogP contribution in [0.1, 0.15) is 30.9 Å². The van der Waals surface area contributed by atoms with Crippen LogP contribution < -0.4 is 9.47 Å². The van der Waals surface area contributed by atoms with Gasteiger partial charge in [-0.2, -0.15) is 4.31 Å². The molecule has 6 heteroatoms. The van der Waals surface area contributed by atoms with E-state index in [-0.39, 0.29) is 0 Å². The fraction of sp³-hybridized carbons (Fsp3) is 0.364. The molecule has 0 bridgehead atoms. The van der Waals surface area contributed by atoms with E-state index >= 15 is 0 Å². The van der Waals surface area contributed by atoms with Gasteiger partial charge < -0.3 is 9.47 Å². The summed E-state index contributed by atoms with van der Waals surface area (Å²) < 4.78 is 38.6. The second-order valence-corrected chi connectivity index (χ2v) is 8.78. The topological polar surface area (TPSA) is 55.8 Å². The Kier molecular flexibility index (Phi) is 8.08. The Balaban J connectivity index is 2.33. The molecule has 2 aromatic carbocycles. The Morgan fingerprint density at radius 2 is 1.36 bits per heavy atom. The van der Waals surface area contributed by atoms with Gasteiger partial charge in [-0.25, -0.2) is 8.42 Å². The molecule has 1 unspecified atom stereocenters. The summed E-state index contributed by atoms with van der Waals surface area (Å²) in [6.45, 7) is 6.21. The normalized spacial score (nSPS) is 12.6. The van der Waals surface area contributed by atoms with Crippen molar-refractivity contribution in [2.45, 2.75) is 38.1 Å². The largest absolute Gasteiger partial charge is 0.497 e. The average molecular weight is 404 g/mol. The molecule has 0 saturated carbocycles. The van der Waals surface area contributed by atoms with Crippen molar-refractivity contribution in [2.24, 2.45) is 0 Å². The van der Waals surface area contributed by atoms with Gasteiger partial charge in [0, 0.05) is 13.1 Å². The van der Waals surface area contributed by atoms with Crippen molar-refractivity contribution >= 4 is 10.0 Å². The number of methoxy groups -OCH3 is 2. The van der Waals surface area contributed by atoms with E-state index in [1.807, 2.05) is 55.5 Å². The van der Waals surface area contributed by atoms with Crippen molar-refractivity contribution in [3.8, 4) is 11.5 Å². The molecular weight excluding hydrogens is 374 g/mol. The summed E-state index contributed by atoms with van der Waals surface area (Å²) in [4.78, 5) is 0. The first-order valence-corrected chi connectivity index (χ1v) is 10.8. The predicted octanol–water partition coefficient (Wildman–Crippen LogP) is 4.39. The molecule has 0 fully saturated rings. The lowest BCUT2D eigenvalue weighted by atomic mass is 10.2. The molecule has 1 atom stereocenters. The van der Waals surface area contributed by atoms with E-state index in [9.17, 15) is 8.42 Å². The number of ether oxygens (including phenoxy) is 2. The second-order valence-electron chi connectivity index (χ2n) is 6.56. The van der Waals surface area contributed by atoms with Gasteiger partial charge in [-0.1, -0.05) is 37.3 Å². The molecule has 0 radical (unpaired) electrons. The van der Waals surface area contributed by atoms with Gasteiger partial charge in [-0.05, 0) is 48.2 Å². The van der Waals surface area contributed by atoms with Gasteiger partial charge in [0.2, 0.25) is 10.0 Å². The van der Waals surface area contributed by atoms with Crippen LogP contribution in [0.4, 0.5) is 0 Å². The van der Waals surface area contributed by atoms with E-state index < -0.39 is 15.3 Å². The van der Waals surface area contributed by atoms with Crippen molar-refractivity contribution in [1.29, 1.82) is 0 Å². The highest BCUT2D eigenvalue weighted by atomic mass is 32.2. The molecule has 0 aliphatic carbocycles. The zero-order valence-electron chi connectivity index (χ0n) is 16.8. The molecule has 0 N–H and O–H groups in total. The quantitative estimate of drug-likeness (QED) is 0.522. The van der Waals surface area contributed by atoms with Gasteiger partial charge in [0.1, 0.15) is 11.5 Å². The lowest BCUT2D eigenvalue weighted by Gasteiger charge is -2.27. The Bertz CT molecular complexity index is 796. The minimum Gasteiger partial charge on any atom is -0.497 e. The Hall–Kier alpha value is -2.31. The third-order valence-corrected chi connectivity index (χ3v) is 7.05. The number of rotatable bonds is 11. The summed E-state index contributed by atoms with van der Waals surface area (Å²) in [5, 5.41) is -0.485. The first kappa shape index (κ1) is 22.0. The Morgan fingerprint density at radius 1 is 0.929 bits per heavy atom. The lowest BCUT2D eigenvalue weighted by Crippen LogP contribution is -2.37. The van der Waals surface area contributed by atoms with Crippen molar-refractivity contribution in [3.63, 3.8) is 0 Å². The standard InChI is InChI=1S/C22H29NO4S/c1-5-7-22(6-2)28(24,25)23(16-18-8-12-20(26-3)13-9-18)17-19-10-14-21(27-4)15-11-19/h5,8-15,22H,1,6-7,16-17H2,2-4H3. The van der Waals surface area contributed by atoms with Crippen molar-refractivity contribution in [1.82, 2.24) is 4.31 Å². The monoisotopic (exact) mass is 403 g/mol. The van der Waals surface area contributed by atoms with Crippen molar-refractivity contribution in [2.75, 3.05) is 14.2 Å². The zero-order chi connectivity index (χ0) is 20.6. The molecule has 5 nitrogen and oxygen atoms in total. The first-order valence-electron chi connectivity index (χ1n) is 9.30. The van der Waals surface area contributed by atoms with Gasteiger partial charge in [-0.15, -0.1) is 6.58 Å². The maximum absolute atomic E-state index is 13.3. The highest BCUT2D eigenvalue weighted by Crippen LogP contribution is 2.23. The zero-order valence-corrected chi connectivity index (χ0v) is 17.6. The summed E-state index contributed by atoms with van der Waals surface area (Å²) in [6.07, 6.45) is 2.64. The van der Waals surface area contributed by atoms with E-state index in [1.54, 1.807) is 24.6 Å². The Labute approximate surface area is 168 Å². The highest BCUT2D eigenvalue weighted by molar-refractivity contribution is 7.89.